The van der Waals surface area contributed by atoms with Gasteiger partial charge in [0.05, 0.1) is 0 Å². The smallest absolute Gasteiger partial charge is 0.425 e. The number of hydrogen-bond acceptors (Lipinski definition) is 8. The molecule has 1 aliphatic heterocycles. The summed E-state index contributed by atoms with van der Waals surface area (Å²) in [6.07, 6.45) is 3.07. The zero-order chi connectivity index (χ0) is 23.6. The van der Waals surface area contributed by atoms with E-state index in [2.05, 4.69) is 0 Å². The second kappa shape index (κ2) is 8.73. The number of amides is 2. The van der Waals surface area contributed by atoms with Gasteiger partial charge in [-0.25, -0.2) is 15.4 Å². The van der Waals surface area contributed by atoms with Crippen molar-refractivity contribution < 1.29 is 19.1 Å². The van der Waals surface area contributed by atoms with Crippen LogP contribution in [0.15, 0.2) is 54.1 Å². The minimum absolute atomic E-state index is 0.226. The van der Waals surface area contributed by atoms with Gasteiger partial charge in [0.15, 0.2) is 0 Å². The molecule has 0 spiro atoms. The minimum Gasteiger partial charge on any atom is -0.443 e. The number of nitrogens with two attached hydrogens (primary N) is 3. The fraction of sp³-hybridized carbons (Fsp3) is 0.364. The summed E-state index contributed by atoms with van der Waals surface area (Å²) in [6, 6.07) is 7.02. The Morgan fingerprint density at radius 3 is 1.87 bits per heavy atom. The number of nitrogen functional groups attached to an aromatic ring is 1. The number of carbonyl (C=O) groups is 2. The Balaban J connectivity index is 2.61. The Labute approximate surface area is 182 Å². The molecule has 9 nitrogen and oxygen atoms in total. The zero-order valence-electron chi connectivity index (χ0n) is 18.8. The summed E-state index contributed by atoms with van der Waals surface area (Å²) in [5, 5.41) is 1.22. The van der Waals surface area contributed by atoms with Crippen molar-refractivity contribution in [2.24, 2.45) is 11.6 Å². The van der Waals surface area contributed by atoms with E-state index in [1.54, 1.807) is 84.2 Å². The van der Waals surface area contributed by atoms with Gasteiger partial charge in [-0.2, -0.15) is 4.90 Å². The predicted molar refractivity (Wildman–Crippen MR) is 120 cm³/mol. The van der Waals surface area contributed by atoms with Crippen molar-refractivity contribution in [3.8, 4) is 0 Å². The van der Waals surface area contributed by atoms with Gasteiger partial charge in [0.2, 0.25) is 0 Å². The third-order valence-corrected chi connectivity index (χ3v) is 3.88. The van der Waals surface area contributed by atoms with Gasteiger partial charge in [0.25, 0.3) is 0 Å². The Bertz CT molecular complexity index is 906. The SMILES string of the molecule is CC(C)(C)OC(=O)N(C(=O)OC(C)(C)C)/C(N)=C1\C(c2ccc(N)cc2)=CC=CN1N. The van der Waals surface area contributed by atoms with Gasteiger partial charge in [0, 0.05) is 17.5 Å². The summed E-state index contributed by atoms with van der Waals surface area (Å²) in [5.74, 6) is 5.90. The summed E-state index contributed by atoms with van der Waals surface area (Å²) in [4.78, 5) is 26.5. The molecule has 0 saturated heterocycles. The molecule has 0 aromatic heterocycles. The van der Waals surface area contributed by atoms with E-state index >= 15 is 0 Å². The van der Waals surface area contributed by atoms with Crippen molar-refractivity contribution in [1.82, 2.24) is 9.91 Å². The Morgan fingerprint density at radius 1 is 0.935 bits per heavy atom. The first kappa shape index (κ1) is 23.8. The van der Waals surface area contributed by atoms with E-state index in [4.69, 9.17) is 26.8 Å². The molecule has 1 aromatic carbocycles. The number of imide groups is 1. The molecule has 9 heteroatoms. The Hall–Kier alpha value is -3.46. The van der Waals surface area contributed by atoms with Crippen LogP contribution in [-0.4, -0.2) is 33.3 Å². The lowest BCUT2D eigenvalue weighted by atomic mass is 9.99. The fourth-order valence-electron chi connectivity index (χ4n) is 2.68. The van der Waals surface area contributed by atoms with Crippen molar-refractivity contribution in [3.63, 3.8) is 0 Å². The van der Waals surface area contributed by atoms with Gasteiger partial charge in [-0.3, -0.25) is 5.01 Å². The van der Waals surface area contributed by atoms with Crippen molar-refractivity contribution in [2.75, 3.05) is 5.73 Å². The first-order valence-corrected chi connectivity index (χ1v) is 9.74. The van der Waals surface area contributed by atoms with Crippen molar-refractivity contribution >= 4 is 23.4 Å². The van der Waals surface area contributed by atoms with Crippen LogP contribution in [0.3, 0.4) is 0 Å². The van der Waals surface area contributed by atoms with Crippen LogP contribution in [0.1, 0.15) is 47.1 Å². The lowest BCUT2D eigenvalue weighted by Gasteiger charge is -2.32. The molecule has 168 valence electrons. The molecular weight excluding hydrogens is 398 g/mol. The quantitative estimate of drug-likeness (QED) is 0.478. The molecule has 31 heavy (non-hydrogen) atoms. The third-order valence-electron chi connectivity index (χ3n) is 3.88. The minimum atomic E-state index is -0.980. The number of rotatable bonds is 2. The second-order valence-electron chi connectivity index (χ2n) is 8.98. The summed E-state index contributed by atoms with van der Waals surface area (Å²) in [7, 11) is 0. The molecule has 0 atom stereocenters. The first-order valence-electron chi connectivity index (χ1n) is 9.74. The van der Waals surface area contributed by atoms with Crippen LogP contribution < -0.4 is 17.3 Å². The van der Waals surface area contributed by atoms with Crippen LogP contribution in [-0.2, 0) is 9.47 Å². The van der Waals surface area contributed by atoms with Crippen molar-refractivity contribution in [3.05, 3.63) is 59.7 Å². The van der Waals surface area contributed by atoms with Gasteiger partial charge in [0.1, 0.15) is 22.7 Å². The fourth-order valence-corrected chi connectivity index (χ4v) is 2.68. The maximum Gasteiger partial charge on any atom is 0.425 e. The van der Waals surface area contributed by atoms with Crippen LogP contribution in [0.25, 0.3) is 5.57 Å². The zero-order valence-corrected chi connectivity index (χ0v) is 18.8. The van der Waals surface area contributed by atoms with E-state index in [9.17, 15) is 9.59 Å². The number of hydrogen-bond donors (Lipinski definition) is 3. The number of ether oxygens (including phenoxy) is 2. The highest BCUT2D eigenvalue weighted by Gasteiger charge is 2.36. The molecule has 0 unspecified atom stereocenters. The van der Waals surface area contributed by atoms with E-state index in [1.165, 1.54) is 5.01 Å². The van der Waals surface area contributed by atoms with Gasteiger partial charge < -0.3 is 20.9 Å². The first-order chi connectivity index (χ1) is 14.2. The molecule has 0 aliphatic carbocycles. The van der Waals surface area contributed by atoms with Crippen molar-refractivity contribution in [2.45, 2.75) is 52.7 Å². The van der Waals surface area contributed by atoms with Crippen LogP contribution in [0.4, 0.5) is 15.3 Å². The summed E-state index contributed by atoms with van der Waals surface area (Å²) in [5.41, 5.74) is 12.5. The van der Waals surface area contributed by atoms with Gasteiger partial charge in [-0.05, 0) is 65.3 Å². The molecule has 1 heterocycles. The maximum atomic E-state index is 12.9. The average molecular weight is 430 g/mol. The van der Waals surface area contributed by atoms with Crippen LogP contribution in [0.2, 0.25) is 0 Å². The predicted octanol–water partition coefficient (Wildman–Crippen LogP) is 3.66. The number of nitrogens with zero attached hydrogens (tertiary/aromatic N) is 2. The number of allylic oxidation sites excluding steroid dienone is 3. The molecule has 1 aliphatic rings. The normalized spacial score (nSPS) is 15.8. The summed E-state index contributed by atoms with van der Waals surface area (Å²) < 4.78 is 10.8. The van der Waals surface area contributed by atoms with E-state index < -0.39 is 23.4 Å². The molecule has 0 fully saturated rings. The Morgan fingerprint density at radius 2 is 1.42 bits per heavy atom. The third kappa shape index (κ3) is 6.26. The standard InChI is InChI=1S/C22H31N5O4/c1-21(2,3)30-19(28)27(20(29)31-22(4,5)6)18(24)17-16(8-7-13-26(17)25)14-9-11-15(23)12-10-14/h7-13H,23-25H2,1-6H3/b18-17+. The van der Waals surface area contributed by atoms with Gasteiger partial charge in [-0.1, -0.05) is 18.2 Å². The molecular formula is C22H31N5O4. The number of anilines is 1. The monoisotopic (exact) mass is 429 g/mol. The summed E-state index contributed by atoms with van der Waals surface area (Å²) in [6.45, 7) is 10.1. The van der Waals surface area contributed by atoms with Crippen LogP contribution in [0, 0.1) is 0 Å². The van der Waals surface area contributed by atoms with E-state index in [1.807, 2.05) is 0 Å². The molecule has 0 saturated carbocycles. The molecule has 1 aromatic rings. The highest BCUT2D eigenvalue weighted by atomic mass is 16.6. The van der Waals surface area contributed by atoms with E-state index in [0.717, 1.165) is 5.56 Å². The molecule has 6 N–H and O–H groups in total. The van der Waals surface area contributed by atoms with Crippen molar-refractivity contribution in [1.29, 1.82) is 0 Å². The summed E-state index contributed by atoms with van der Waals surface area (Å²) >= 11 is 0. The second-order valence-corrected chi connectivity index (χ2v) is 8.98. The molecule has 0 bridgehead atoms. The highest BCUT2D eigenvalue weighted by Crippen LogP contribution is 2.31. The lowest BCUT2D eigenvalue weighted by molar-refractivity contribution is 0.00762. The topological polar surface area (TPSA) is 137 Å². The molecule has 2 amide bonds. The largest absolute Gasteiger partial charge is 0.443 e. The number of carbonyl (C=O) groups excluding carboxylic acids is 2. The number of hydrazine groups is 1. The number of benzene rings is 1. The van der Waals surface area contributed by atoms with Gasteiger partial charge >= 0.3 is 12.2 Å². The van der Waals surface area contributed by atoms with Gasteiger partial charge in [-0.15, -0.1) is 0 Å². The Kier molecular flexibility index (Phi) is 6.70. The van der Waals surface area contributed by atoms with Crippen LogP contribution in [0.5, 0.6) is 0 Å². The molecule has 2 rings (SSSR count). The molecule has 0 radical (unpaired) electrons. The van der Waals surface area contributed by atoms with E-state index in [0.29, 0.717) is 16.2 Å². The average Bonchev–Trinajstić information content (AvgIpc) is 2.59. The highest BCUT2D eigenvalue weighted by molar-refractivity contribution is 5.92. The maximum absolute atomic E-state index is 12.9. The van der Waals surface area contributed by atoms with Crippen LogP contribution >= 0.6 is 0 Å². The van der Waals surface area contributed by atoms with E-state index in [-0.39, 0.29) is 11.5 Å². The lowest BCUT2D eigenvalue weighted by Crippen LogP contribution is -2.47.